The van der Waals surface area contributed by atoms with E-state index >= 15 is 0 Å². The van der Waals surface area contributed by atoms with E-state index in [1.54, 1.807) is 0 Å². The lowest BCUT2D eigenvalue weighted by Crippen LogP contribution is -1.77. The zero-order chi connectivity index (χ0) is 8.81. The molecule has 1 heterocycles. The Bertz CT molecular complexity index is 245. The van der Waals surface area contributed by atoms with Crippen molar-refractivity contribution in [1.82, 2.24) is 0 Å². The highest BCUT2D eigenvalue weighted by atomic mass is 16.3. The lowest BCUT2D eigenvalue weighted by molar-refractivity contribution is 0.483. The van der Waals surface area contributed by atoms with E-state index in [-0.39, 0.29) is 0 Å². The van der Waals surface area contributed by atoms with Crippen molar-refractivity contribution in [2.75, 3.05) is 0 Å². The lowest BCUT2D eigenvalue weighted by Gasteiger charge is -1.90. The van der Waals surface area contributed by atoms with Gasteiger partial charge in [-0.2, -0.15) is 0 Å². The number of furan rings is 1. The predicted octanol–water partition coefficient (Wildman–Crippen LogP) is 3.49. The number of hydrogen-bond donors (Lipinski definition) is 0. The second-order valence-electron chi connectivity index (χ2n) is 2.93. The quantitative estimate of drug-likeness (QED) is 0.621. The summed E-state index contributed by atoms with van der Waals surface area (Å²) in [7, 11) is 0. The van der Waals surface area contributed by atoms with Crippen molar-refractivity contribution >= 4 is 0 Å². The van der Waals surface area contributed by atoms with Crippen molar-refractivity contribution in [3.8, 4) is 0 Å². The molecule has 0 aliphatic carbocycles. The Kier molecular flexibility index (Phi) is 3.65. The van der Waals surface area contributed by atoms with Crippen molar-refractivity contribution < 1.29 is 4.42 Å². The first kappa shape index (κ1) is 9.11. The molecule has 0 aromatic carbocycles. The molecule has 0 amide bonds. The minimum Gasteiger partial charge on any atom is -0.466 e. The summed E-state index contributed by atoms with van der Waals surface area (Å²) in [5, 5.41) is 0. The zero-order valence-electron chi connectivity index (χ0n) is 7.84. The molecule has 12 heavy (non-hydrogen) atoms. The summed E-state index contributed by atoms with van der Waals surface area (Å²) in [4.78, 5) is 0. The van der Waals surface area contributed by atoms with E-state index in [1.165, 1.54) is 0 Å². The third-order valence-corrected chi connectivity index (χ3v) is 1.76. The monoisotopic (exact) mass is 164 g/mol. The standard InChI is InChI=1S/C11H16O/c1-3-4-5-6-7-11-9-8-10(2)12-11/h4-5,8-9H,3,6-7H2,1-2H3/b5-4-. The summed E-state index contributed by atoms with van der Waals surface area (Å²) < 4.78 is 5.43. The van der Waals surface area contributed by atoms with Gasteiger partial charge in [-0.3, -0.25) is 0 Å². The first-order chi connectivity index (χ1) is 5.83. The van der Waals surface area contributed by atoms with Crippen molar-refractivity contribution in [1.29, 1.82) is 0 Å². The van der Waals surface area contributed by atoms with Crippen LogP contribution in [0.25, 0.3) is 0 Å². The van der Waals surface area contributed by atoms with Crippen molar-refractivity contribution in [3.05, 3.63) is 35.8 Å². The van der Waals surface area contributed by atoms with Gasteiger partial charge in [-0.25, -0.2) is 0 Å². The molecule has 0 unspecified atom stereocenters. The Morgan fingerprint density at radius 3 is 2.75 bits per heavy atom. The smallest absolute Gasteiger partial charge is 0.104 e. The molecule has 0 N–H and O–H groups in total. The average molecular weight is 164 g/mol. The van der Waals surface area contributed by atoms with Gasteiger partial charge in [0.1, 0.15) is 11.5 Å². The highest BCUT2D eigenvalue weighted by Gasteiger charge is 1.95. The van der Waals surface area contributed by atoms with Gasteiger partial charge in [-0.15, -0.1) is 0 Å². The molecule has 0 radical (unpaired) electrons. The van der Waals surface area contributed by atoms with Crippen LogP contribution >= 0.6 is 0 Å². The first-order valence-corrected chi connectivity index (χ1v) is 4.53. The number of aryl methyl sites for hydroxylation is 2. The van der Waals surface area contributed by atoms with Crippen LogP contribution < -0.4 is 0 Å². The summed E-state index contributed by atoms with van der Waals surface area (Å²) in [6.07, 6.45) is 7.62. The van der Waals surface area contributed by atoms with E-state index in [1.807, 2.05) is 13.0 Å². The summed E-state index contributed by atoms with van der Waals surface area (Å²) in [6, 6.07) is 4.06. The van der Waals surface area contributed by atoms with Gasteiger partial charge in [0, 0.05) is 6.42 Å². The zero-order valence-corrected chi connectivity index (χ0v) is 7.84. The number of rotatable bonds is 4. The molecule has 1 aromatic rings. The Morgan fingerprint density at radius 1 is 1.33 bits per heavy atom. The maximum Gasteiger partial charge on any atom is 0.104 e. The van der Waals surface area contributed by atoms with E-state index in [4.69, 9.17) is 4.42 Å². The normalized spacial score (nSPS) is 11.2. The Labute approximate surface area is 74.1 Å². The van der Waals surface area contributed by atoms with Gasteiger partial charge in [-0.1, -0.05) is 19.1 Å². The van der Waals surface area contributed by atoms with Gasteiger partial charge >= 0.3 is 0 Å². The topological polar surface area (TPSA) is 13.1 Å². The molecule has 1 heteroatoms. The van der Waals surface area contributed by atoms with Crippen LogP contribution in [0.15, 0.2) is 28.7 Å². The molecule has 0 aliphatic heterocycles. The minimum atomic E-state index is 1.00. The molecule has 0 saturated heterocycles. The van der Waals surface area contributed by atoms with Crippen molar-refractivity contribution in [2.24, 2.45) is 0 Å². The van der Waals surface area contributed by atoms with Gasteiger partial charge in [-0.05, 0) is 31.9 Å². The Morgan fingerprint density at radius 2 is 2.17 bits per heavy atom. The largest absolute Gasteiger partial charge is 0.466 e. The van der Waals surface area contributed by atoms with Gasteiger partial charge in [0.25, 0.3) is 0 Å². The highest BCUT2D eigenvalue weighted by molar-refractivity contribution is 5.06. The lowest BCUT2D eigenvalue weighted by atomic mass is 10.2. The van der Waals surface area contributed by atoms with E-state index < -0.39 is 0 Å². The fraction of sp³-hybridized carbons (Fsp3) is 0.455. The van der Waals surface area contributed by atoms with Crippen LogP contribution in [0.1, 0.15) is 31.3 Å². The first-order valence-electron chi connectivity index (χ1n) is 4.53. The van der Waals surface area contributed by atoms with Crippen molar-refractivity contribution in [2.45, 2.75) is 33.1 Å². The maximum absolute atomic E-state index is 5.43. The van der Waals surface area contributed by atoms with Gasteiger partial charge in [0.05, 0.1) is 0 Å². The van der Waals surface area contributed by atoms with Gasteiger partial charge in [0.15, 0.2) is 0 Å². The van der Waals surface area contributed by atoms with Crippen LogP contribution in [0, 0.1) is 6.92 Å². The molecule has 0 bridgehead atoms. The molecule has 1 rings (SSSR count). The van der Waals surface area contributed by atoms with Crippen molar-refractivity contribution in [3.63, 3.8) is 0 Å². The van der Waals surface area contributed by atoms with Crippen LogP contribution in [0.4, 0.5) is 0 Å². The van der Waals surface area contributed by atoms with Crippen LogP contribution in [-0.2, 0) is 6.42 Å². The van der Waals surface area contributed by atoms with Crippen LogP contribution in [0.3, 0.4) is 0 Å². The summed E-state index contributed by atoms with van der Waals surface area (Å²) in [5.74, 6) is 2.10. The third-order valence-electron chi connectivity index (χ3n) is 1.76. The van der Waals surface area contributed by atoms with Gasteiger partial charge in [0.2, 0.25) is 0 Å². The van der Waals surface area contributed by atoms with E-state index in [0.717, 1.165) is 30.8 Å². The maximum atomic E-state index is 5.43. The van der Waals surface area contributed by atoms with E-state index in [9.17, 15) is 0 Å². The second kappa shape index (κ2) is 4.81. The number of hydrogen-bond acceptors (Lipinski definition) is 1. The molecule has 0 saturated carbocycles. The number of allylic oxidation sites excluding steroid dienone is 2. The van der Waals surface area contributed by atoms with Crippen LogP contribution in [0.2, 0.25) is 0 Å². The SMILES string of the molecule is CC/C=C\CCc1ccc(C)o1. The molecule has 0 aliphatic rings. The summed E-state index contributed by atoms with van der Waals surface area (Å²) in [5.41, 5.74) is 0. The second-order valence-corrected chi connectivity index (χ2v) is 2.93. The summed E-state index contributed by atoms with van der Waals surface area (Å²) >= 11 is 0. The Hall–Kier alpha value is -0.980. The highest BCUT2D eigenvalue weighted by Crippen LogP contribution is 2.08. The van der Waals surface area contributed by atoms with E-state index in [0.29, 0.717) is 0 Å². The third kappa shape index (κ3) is 2.95. The molecule has 1 nitrogen and oxygen atoms in total. The molecule has 66 valence electrons. The molecule has 0 spiro atoms. The van der Waals surface area contributed by atoms with E-state index in [2.05, 4.69) is 25.1 Å². The average Bonchev–Trinajstić information content (AvgIpc) is 2.45. The van der Waals surface area contributed by atoms with Crippen LogP contribution in [0.5, 0.6) is 0 Å². The molecular formula is C11H16O. The molecule has 1 aromatic heterocycles. The molecular weight excluding hydrogens is 148 g/mol. The minimum absolute atomic E-state index is 1.00. The van der Waals surface area contributed by atoms with Gasteiger partial charge < -0.3 is 4.42 Å². The summed E-state index contributed by atoms with van der Waals surface area (Å²) in [6.45, 7) is 4.12. The van der Waals surface area contributed by atoms with Crippen LogP contribution in [-0.4, -0.2) is 0 Å². The predicted molar refractivity (Wildman–Crippen MR) is 51.2 cm³/mol. The fourth-order valence-electron chi connectivity index (χ4n) is 1.13. The fourth-order valence-corrected chi connectivity index (χ4v) is 1.13. The molecule has 0 fully saturated rings. The Balaban J connectivity index is 2.28. The molecule has 0 atom stereocenters.